The van der Waals surface area contributed by atoms with Crippen LogP contribution in [0.5, 0.6) is 0 Å². The summed E-state index contributed by atoms with van der Waals surface area (Å²) in [6.45, 7) is 4.81. The number of hydrogen-bond donors (Lipinski definition) is 2. The molecular formula is C12H14FN3O3S. The van der Waals surface area contributed by atoms with E-state index < -0.39 is 11.8 Å². The van der Waals surface area contributed by atoms with E-state index in [4.69, 9.17) is 9.84 Å². The van der Waals surface area contributed by atoms with Gasteiger partial charge in [-0.05, 0) is 19.1 Å². The molecule has 1 rings (SSSR count). The van der Waals surface area contributed by atoms with Gasteiger partial charge in [0.2, 0.25) is 5.16 Å². The number of halogens is 1. The summed E-state index contributed by atoms with van der Waals surface area (Å²) in [5.74, 6) is -1.07. The predicted molar refractivity (Wildman–Crippen MR) is 73.7 cm³/mol. The second-order valence-corrected chi connectivity index (χ2v) is 4.49. The number of thioether (sulfide) groups is 1. The standard InChI is InChI=1S/C12H14FN3O3S/c1-4-8(19-3)5-9(7(2)13)11-14-12(16-15-11)20-6-10(17)18/h4-5H,1,6H2,2-3H3,(H,17,18)(H,14,15,16)/b8-5+,9-7-. The monoisotopic (exact) mass is 299 g/mol. The van der Waals surface area contributed by atoms with Crippen molar-refractivity contribution < 1.29 is 19.0 Å². The van der Waals surface area contributed by atoms with Gasteiger partial charge >= 0.3 is 5.97 Å². The molecule has 0 saturated carbocycles. The van der Waals surface area contributed by atoms with Gasteiger partial charge < -0.3 is 9.84 Å². The van der Waals surface area contributed by atoms with E-state index in [1.54, 1.807) is 0 Å². The molecule has 0 saturated heterocycles. The van der Waals surface area contributed by atoms with Crippen LogP contribution >= 0.6 is 11.8 Å². The molecule has 0 aliphatic rings. The van der Waals surface area contributed by atoms with Crippen LogP contribution in [-0.4, -0.2) is 39.1 Å². The average Bonchev–Trinajstić information content (AvgIpc) is 2.86. The van der Waals surface area contributed by atoms with Crippen molar-refractivity contribution in [1.29, 1.82) is 0 Å². The summed E-state index contributed by atoms with van der Waals surface area (Å²) in [5, 5.41) is 15.2. The summed E-state index contributed by atoms with van der Waals surface area (Å²) in [7, 11) is 1.44. The fraction of sp³-hybridized carbons (Fsp3) is 0.250. The van der Waals surface area contributed by atoms with Gasteiger partial charge in [-0.2, -0.15) is 0 Å². The van der Waals surface area contributed by atoms with Gasteiger partial charge in [-0.25, -0.2) is 9.37 Å². The molecule has 8 heteroatoms. The normalized spacial score (nSPS) is 12.8. The van der Waals surface area contributed by atoms with Crippen LogP contribution in [0.25, 0.3) is 5.57 Å². The molecule has 20 heavy (non-hydrogen) atoms. The van der Waals surface area contributed by atoms with Crippen LogP contribution in [0.15, 0.2) is 35.5 Å². The van der Waals surface area contributed by atoms with E-state index in [-0.39, 0.29) is 22.3 Å². The van der Waals surface area contributed by atoms with Crippen molar-refractivity contribution in [1.82, 2.24) is 15.2 Å². The van der Waals surface area contributed by atoms with Crippen LogP contribution in [0.3, 0.4) is 0 Å². The Hall–Kier alpha value is -2.09. The zero-order valence-corrected chi connectivity index (χ0v) is 11.8. The number of nitrogens with zero attached hydrogens (tertiary/aromatic N) is 2. The quantitative estimate of drug-likeness (QED) is 0.456. The number of methoxy groups -OCH3 is 1. The van der Waals surface area contributed by atoms with E-state index in [0.717, 1.165) is 11.8 Å². The Morgan fingerprint density at radius 3 is 2.85 bits per heavy atom. The molecule has 0 aliphatic carbocycles. The largest absolute Gasteiger partial charge is 0.497 e. The van der Waals surface area contributed by atoms with Crippen molar-refractivity contribution in [2.75, 3.05) is 12.9 Å². The van der Waals surface area contributed by atoms with Gasteiger partial charge in [-0.15, -0.1) is 5.10 Å². The van der Waals surface area contributed by atoms with Gasteiger partial charge in [0.25, 0.3) is 0 Å². The second kappa shape index (κ2) is 7.49. The third-order valence-corrected chi connectivity index (χ3v) is 2.97. The van der Waals surface area contributed by atoms with E-state index in [2.05, 4.69) is 21.8 Å². The first kappa shape index (κ1) is 16.0. The minimum atomic E-state index is -0.980. The van der Waals surface area contributed by atoms with Crippen molar-refractivity contribution in [3.05, 3.63) is 36.1 Å². The third-order valence-electron chi connectivity index (χ3n) is 2.14. The van der Waals surface area contributed by atoms with Crippen LogP contribution in [0.4, 0.5) is 4.39 Å². The van der Waals surface area contributed by atoms with E-state index in [1.165, 1.54) is 26.2 Å². The molecule has 1 heterocycles. The van der Waals surface area contributed by atoms with Crippen molar-refractivity contribution in [2.24, 2.45) is 0 Å². The Kier molecular flexibility index (Phi) is 5.98. The molecule has 0 fully saturated rings. The molecule has 1 aromatic rings. The van der Waals surface area contributed by atoms with Crippen LogP contribution in [0, 0.1) is 0 Å². The molecule has 108 valence electrons. The number of aromatic amines is 1. The third kappa shape index (κ3) is 4.54. The van der Waals surface area contributed by atoms with Gasteiger partial charge in [0, 0.05) is 0 Å². The summed E-state index contributed by atoms with van der Waals surface area (Å²) >= 11 is 0.939. The zero-order chi connectivity index (χ0) is 15.1. The van der Waals surface area contributed by atoms with Crippen molar-refractivity contribution in [3.8, 4) is 0 Å². The summed E-state index contributed by atoms with van der Waals surface area (Å²) in [4.78, 5) is 14.5. The first-order chi connectivity index (χ1) is 9.47. The molecule has 0 unspecified atom stereocenters. The highest BCUT2D eigenvalue weighted by atomic mass is 32.2. The Balaban J connectivity index is 3.01. The minimum Gasteiger partial charge on any atom is -0.497 e. The first-order valence-corrected chi connectivity index (χ1v) is 6.48. The number of aromatic nitrogens is 3. The van der Waals surface area contributed by atoms with E-state index >= 15 is 0 Å². The van der Waals surface area contributed by atoms with E-state index in [9.17, 15) is 9.18 Å². The summed E-state index contributed by atoms with van der Waals surface area (Å²) in [6.07, 6.45) is 2.86. The number of allylic oxidation sites excluding steroid dienone is 4. The maximum Gasteiger partial charge on any atom is 0.313 e. The summed E-state index contributed by atoms with van der Waals surface area (Å²) in [5.41, 5.74) is 0.163. The number of aliphatic carboxylic acids is 1. The topological polar surface area (TPSA) is 88.1 Å². The molecule has 0 aromatic carbocycles. The Morgan fingerprint density at radius 1 is 1.65 bits per heavy atom. The van der Waals surface area contributed by atoms with Crippen molar-refractivity contribution in [2.45, 2.75) is 12.1 Å². The molecule has 6 nitrogen and oxygen atoms in total. The molecule has 1 aromatic heterocycles. The minimum absolute atomic E-state index is 0.163. The lowest BCUT2D eigenvalue weighted by atomic mass is 10.2. The van der Waals surface area contributed by atoms with E-state index in [0.29, 0.717) is 5.76 Å². The molecule has 0 amide bonds. The van der Waals surface area contributed by atoms with Gasteiger partial charge in [-0.3, -0.25) is 9.89 Å². The number of carboxylic acid groups (broad SMARTS) is 1. The molecule has 0 atom stereocenters. The maximum atomic E-state index is 13.6. The fourth-order valence-corrected chi connectivity index (χ4v) is 1.75. The molecular weight excluding hydrogens is 285 g/mol. The lowest BCUT2D eigenvalue weighted by Gasteiger charge is -2.02. The van der Waals surface area contributed by atoms with Gasteiger partial charge in [-0.1, -0.05) is 18.3 Å². The number of carboxylic acids is 1. The number of hydrogen-bond acceptors (Lipinski definition) is 5. The molecule has 0 radical (unpaired) electrons. The van der Waals surface area contributed by atoms with Gasteiger partial charge in [0.05, 0.1) is 18.4 Å². The maximum absolute atomic E-state index is 13.6. The fourth-order valence-electron chi connectivity index (χ4n) is 1.23. The second-order valence-electron chi connectivity index (χ2n) is 3.55. The average molecular weight is 299 g/mol. The lowest BCUT2D eigenvalue weighted by molar-refractivity contribution is -0.133. The van der Waals surface area contributed by atoms with Crippen molar-refractivity contribution in [3.63, 3.8) is 0 Å². The number of carbonyl (C=O) groups is 1. The van der Waals surface area contributed by atoms with Gasteiger partial charge in [0.1, 0.15) is 11.6 Å². The predicted octanol–water partition coefficient (Wildman–Crippen LogP) is 2.40. The first-order valence-electron chi connectivity index (χ1n) is 5.49. The molecule has 2 N–H and O–H groups in total. The number of nitrogens with one attached hydrogen (secondary N) is 1. The Labute approximate surface area is 119 Å². The highest BCUT2D eigenvalue weighted by Crippen LogP contribution is 2.22. The number of ether oxygens (including phenoxy) is 1. The Morgan fingerprint density at radius 2 is 2.35 bits per heavy atom. The zero-order valence-electron chi connectivity index (χ0n) is 11.0. The molecule has 0 bridgehead atoms. The van der Waals surface area contributed by atoms with Crippen molar-refractivity contribution >= 4 is 23.3 Å². The number of rotatable bonds is 7. The summed E-state index contributed by atoms with van der Waals surface area (Å²) in [6, 6.07) is 0. The smallest absolute Gasteiger partial charge is 0.313 e. The highest BCUT2D eigenvalue weighted by Gasteiger charge is 2.12. The highest BCUT2D eigenvalue weighted by molar-refractivity contribution is 7.99. The van der Waals surface area contributed by atoms with Crippen LogP contribution in [0.2, 0.25) is 0 Å². The van der Waals surface area contributed by atoms with Crippen LogP contribution < -0.4 is 0 Å². The van der Waals surface area contributed by atoms with Crippen LogP contribution in [0.1, 0.15) is 12.7 Å². The van der Waals surface area contributed by atoms with E-state index in [1.807, 2.05) is 0 Å². The SMILES string of the molecule is C=C/C(=C\C(=C(/C)F)c1nc(SCC(=O)O)n[nH]1)OC. The Bertz CT molecular complexity index is 562. The lowest BCUT2D eigenvalue weighted by Crippen LogP contribution is -1.97. The van der Waals surface area contributed by atoms with Gasteiger partial charge in [0.15, 0.2) is 5.82 Å². The number of H-pyrrole nitrogens is 1. The molecule has 0 aliphatic heterocycles. The van der Waals surface area contributed by atoms with Crippen LogP contribution in [-0.2, 0) is 9.53 Å². The molecule has 0 spiro atoms. The summed E-state index contributed by atoms with van der Waals surface area (Å²) < 4.78 is 18.5.